The Kier molecular flexibility index (Phi) is 7.05. The Labute approximate surface area is 123 Å². The molecular weight excluding hydrogens is 252 g/mol. The van der Waals surface area contributed by atoms with E-state index in [2.05, 4.69) is 62.5 Å². The molecule has 3 heteroatoms. The molecule has 0 fully saturated rings. The van der Waals surface area contributed by atoms with E-state index in [1.165, 1.54) is 24.3 Å². The summed E-state index contributed by atoms with van der Waals surface area (Å²) in [4.78, 5) is 4.09. The second kappa shape index (κ2) is 8.03. The summed E-state index contributed by atoms with van der Waals surface area (Å²) >= 11 is 1.87. The van der Waals surface area contributed by atoms with Crippen LogP contribution in [0, 0.1) is 5.41 Å². The van der Waals surface area contributed by atoms with E-state index in [1.807, 2.05) is 11.3 Å². The van der Waals surface area contributed by atoms with Crippen molar-refractivity contribution in [3.05, 3.63) is 22.4 Å². The molecule has 0 atom stereocenters. The fraction of sp³-hybridized carbons (Fsp3) is 0.750. The van der Waals surface area contributed by atoms with Gasteiger partial charge in [-0.2, -0.15) is 0 Å². The highest BCUT2D eigenvalue weighted by atomic mass is 32.1. The summed E-state index contributed by atoms with van der Waals surface area (Å²) in [5.41, 5.74) is 0.399. The molecule has 0 aliphatic heterocycles. The summed E-state index contributed by atoms with van der Waals surface area (Å²) in [5, 5.41) is 5.56. The maximum atomic E-state index is 3.39. The van der Waals surface area contributed by atoms with Crippen molar-refractivity contribution in [2.75, 3.05) is 20.1 Å². The molecule has 0 aromatic carbocycles. The summed E-state index contributed by atoms with van der Waals surface area (Å²) < 4.78 is 0. The normalized spacial score (nSPS) is 12.6. The fourth-order valence-electron chi connectivity index (χ4n) is 2.61. The molecule has 19 heavy (non-hydrogen) atoms. The first kappa shape index (κ1) is 16.7. The maximum Gasteiger partial charge on any atom is 0.0330 e. The van der Waals surface area contributed by atoms with Crippen molar-refractivity contribution in [3.8, 4) is 0 Å². The van der Waals surface area contributed by atoms with Crippen LogP contribution < -0.4 is 5.32 Å². The smallest absolute Gasteiger partial charge is 0.0330 e. The van der Waals surface area contributed by atoms with Crippen LogP contribution in [0.5, 0.6) is 0 Å². The van der Waals surface area contributed by atoms with Crippen LogP contribution in [0.4, 0.5) is 0 Å². The molecule has 0 radical (unpaired) electrons. The highest BCUT2D eigenvalue weighted by Crippen LogP contribution is 2.29. The van der Waals surface area contributed by atoms with Gasteiger partial charge in [0.05, 0.1) is 0 Å². The molecule has 1 rings (SSSR count). The van der Waals surface area contributed by atoms with Gasteiger partial charge in [-0.05, 0) is 50.6 Å². The zero-order valence-electron chi connectivity index (χ0n) is 13.2. The van der Waals surface area contributed by atoms with Crippen LogP contribution in [0.25, 0.3) is 0 Å². The number of nitrogens with one attached hydrogen (secondary N) is 1. The van der Waals surface area contributed by atoms with E-state index in [9.17, 15) is 0 Å². The van der Waals surface area contributed by atoms with Gasteiger partial charge in [-0.1, -0.05) is 19.9 Å². The summed E-state index contributed by atoms with van der Waals surface area (Å²) in [6.07, 6.45) is 2.47. The topological polar surface area (TPSA) is 15.3 Å². The minimum Gasteiger partial charge on any atom is -0.319 e. The lowest BCUT2D eigenvalue weighted by Crippen LogP contribution is -2.45. The van der Waals surface area contributed by atoms with Crippen LogP contribution in [0.15, 0.2) is 17.5 Å². The van der Waals surface area contributed by atoms with E-state index >= 15 is 0 Å². The minimum absolute atomic E-state index is 0.399. The quantitative estimate of drug-likeness (QED) is 0.737. The molecule has 110 valence electrons. The van der Waals surface area contributed by atoms with E-state index in [-0.39, 0.29) is 0 Å². The molecule has 0 saturated heterocycles. The van der Waals surface area contributed by atoms with Gasteiger partial charge >= 0.3 is 0 Å². The third-order valence-corrected chi connectivity index (χ3v) is 5.12. The van der Waals surface area contributed by atoms with Gasteiger partial charge in [0.1, 0.15) is 0 Å². The minimum atomic E-state index is 0.399. The average Bonchev–Trinajstić information content (AvgIpc) is 2.90. The third kappa shape index (κ3) is 4.90. The highest BCUT2D eigenvalue weighted by molar-refractivity contribution is 7.09. The first-order valence-electron chi connectivity index (χ1n) is 7.48. The average molecular weight is 282 g/mol. The Bertz CT molecular complexity index is 329. The highest BCUT2D eigenvalue weighted by Gasteiger charge is 2.29. The Balaban J connectivity index is 2.75. The molecule has 0 aliphatic carbocycles. The van der Waals surface area contributed by atoms with Gasteiger partial charge in [-0.15, -0.1) is 11.3 Å². The lowest BCUT2D eigenvalue weighted by atomic mass is 9.81. The van der Waals surface area contributed by atoms with E-state index in [4.69, 9.17) is 0 Å². The predicted octanol–water partition coefficient (Wildman–Crippen LogP) is 3.98. The zero-order valence-corrected chi connectivity index (χ0v) is 14.0. The molecule has 0 amide bonds. The van der Waals surface area contributed by atoms with Crippen LogP contribution in [0.1, 0.15) is 45.4 Å². The number of hydrogen-bond donors (Lipinski definition) is 1. The van der Waals surface area contributed by atoms with E-state index in [0.717, 1.165) is 13.1 Å². The standard InChI is InChI=1S/C16H30N2S/c1-6-16(7-2,12-17-5)13-18(14(3)4)11-15-9-8-10-19-15/h8-10,14,17H,6-7,11-13H2,1-5H3. The third-order valence-electron chi connectivity index (χ3n) is 4.26. The molecule has 1 heterocycles. The number of nitrogens with zero attached hydrogens (tertiary/aromatic N) is 1. The van der Waals surface area contributed by atoms with Gasteiger partial charge in [-0.3, -0.25) is 4.90 Å². The zero-order chi connectivity index (χ0) is 14.3. The van der Waals surface area contributed by atoms with Crippen LogP contribution in [0.2, 0.25) is 0 Å². The van der Waals surface area contributed by atoms with Crippen molar-refractivity contribution < 1.29 is 0 Å². The lowest BCUT2D eigenvalue weighted by Gasteiger charge is -2.39. The molecule has 1 aromatic rings. The van der Waals surface area contributed by atoms with Gasteiger partial charge < -0.3 is 5.32 Å². The number of thiophene rings is 1. The van der Waals surface area contributed by atoms with Gasteiger partial charge in [0.15, 0.2) is 0 Å². The molecule has 0 spiro atoms. The predicted molar refractivity (Wildman–Crippen MR) is 86.8 cm³/mol. The Morgan fingerprint density at radius 2 is 2.00 bits per heavy atom. The molecule has 1 N–H and O–H groups in total. The summed E-state index contributed by atoms with van der Waals surface area (Å²) in [6, 6.07) is 4.99. The number of hydrogen-bond acceptors (Lipinski definition) is 3. The molecule has 1 aromatic heterocycles. The monoisotopic (exact) mass is 282 g/mol. The van der Waals surface area contributed by atoms with Crippen LogP contribution in [0.3, 0.4) is 0 Å². The Hall–Kier alpha value is -0.380. The molecule has 0 aliphatic rings. The maximum absolute atomic E-state index is 3.39. The van der Waals surface area contributed by atoms with Crippen LogP contribution >= 0.6 is 11.3 Å². The lowest BCUT2D eigenvalue weighted by molar-refractivity contribution is 0.106. The second-order valence-corrected chi connectivity index (χ2v) is 6.85. The van der Waals surface area contributed by atoms with E-state index < -0.39 is 0 Å². The van der Waals surface area contributed by atoms with Crippen molar-refractivity contribution in [2.45, 2.75) is 53.1 Å². The SMILES string of the molecule is CCC(CC)(CNC)CN(Cc1cccs1)C(C)C. The van der Waals surface area contributed by atoms with Crippen LogP contribution in [-0.2, 0) is 6.54 Å². The molecule has 0 unspecified atom stereocenters. The summed E-state index contributed by atoms with van der Waals surface area (Å²) in [6.45, 7) is 12.6. The van der Waals surface area contributed by atoms with Crippen molar-refractivity contribution in [2.24, 2.45) is 5.41 Å². The largest absolute Gasteiger partial charge is 0.319 e. The second-order valence-electron chi connectivity index (χ2n) is 5.82. The molecule has 0 bridgehead atoms. The van der Waals surface area contributed by atoms with Crippen molar-refractivity contribution in [1.29, 1.82) is 0 Å². The van der Waals surface area contributed by atoms with Gasteiger partial charge in [0.25, 0.3) is 0 Å². The summed E-state index contributed by atoms with van der Waals surface area (Å²) in [7, 11) is 2.07. The van der Waals surface area contributed by atoms with Gasteiger partial charge in [0, 0.05) is 30.6 Å². The number of rotatable bonds is 9. The molecule has 2 nitrogen and oxygen atoms in total. The molecule has 0 saturated carbocycles. The van der Waals surface area contributed by atoms with Crippen molar-refractivity contribution >= 4 is 11.3 Å². The van der Waals surface area contributed by atoms with Gasteiger partial charge in [-0.25, -0.2) is 0 Å². The fourth-order valence-corrected chi connectivity index (χ4v) is 3.34. The Morgan fingerprint density at radius 3 is 2.42 bits per heavy atom. The molecular formula is C16H30N2S. The Morgan fingerprint density at radius 1 is 1.32 bits per heavy atom. The van der Waals surface area contributed by atoms with Crippen LogP contribution in [-0.4, -0.2) is 31.1 Å². The van der Waals surface area contributed by atoms with Crippen molar-refractivity contribution in [1.82, 2.24) is 10.2 Å². The first-order valence-corrected chi connectivity index (χ1v) is 8.36. The van der Waals surface area contributed by atoms with E-state index in [1.54, 1.807) is 0 Å². The first-order chi connectivity index (χ1) is 9.06. The van der Waals surface area contributed by atoms with E-state index in [0.29, 0.717) is 11.5 Å². The van der Waals surface area contributed by atoms with Gasteiger partial charge in [0.2, 0.25) is 0 Å². The van der Waals surface area contributed by atoms with Crippen molar-refractivity contribution in [3.63, 3.8) is 0 Å². The summed E-state index contributed by atoms with van der Waals surface area (Å²) in [5.74, 6) is 0.